The second kappa shape index (κ2) is 9.63. The molecule has 4 rings (SSSR count). The summed E-state index contributed by atoms with van der Waals surface area (Å²) in [6.45, 7) is 8.31. The highest BCUT2D eigenvalue weighted by atomic mass is 16.6. The van der Waals surface area contributed by atoms with E-state index in [9.17, 15) is 19.8 Å². The van der Waals surface area contributed by atoms with Crippen LogP contribution in [0.25, 0.3) is 0 Å². The zero-order valence-corrected chi connectivity index (χ0v) is 21.2. The quantitative estimate of drug-likeness (QED) is 0.477. The Labute approximate surface area is 203 Å². The molecule has 4 aliphatic rings. The van der Waals surface area contributed by atoms with Gasteiger partial charge >= 0.3 is 5.97 Å². The molecule has 0 aliphatic heterocycles. The lowest BCUT2D eigenvalue weighted by Crippen LogP contribution is -2.51. The van der Waals surface area contributed by atoms with Crippen molar-refractivity contribution in [2.75, 3.05) is 6.61 Å². The van der Waals surface area contributed by atoms with Gasteiger partial charge in [-0.1, -0.05) is 38.4 Å². The number of hydrogen-bond donors (Lipinski definition) is 3. The van der Waals surface area contributed by atoms with Gasteiger partial charge in [0.2, 0.25) is 0 Å². The molecule has 34 heavy (non-hydrogen) atoms. The van der Waals surface area contributed by atoms with E-state index in [4.69, 9.17) is 4.84 Å². The standard InChI is InChI=1S/C27H42N2O5/c1-16(2)13-22(25(32)33)28-24(31)15-34-29-18-9-11-26(3)17(14-18)5-6-19-20-7-8-23(30)27(20,4)12-10-21(19)26/h14,16,19-23,30H,5-13,15H2,1-4H3,(H,28,31)(H,32,33)/b29-18+/t19?,20?,21?,22?,23?,26-,27-/m0/s1. The number of amides is 1. The van der Waals surface area contributed by atoms with Gasteiger partial charge < -0.3 is 20.4 Å². The van der Waals surface area contributed by atoms with Crippen molar-refractivity contribution < 1.29 is 24.6 Å². The van der Waals surface area contributed by atoms with Crippen LogP contribution in [0, 0.1) is 34.5 Å². The van der Waals surface area contributed by atoms with Gasteiger partial charge in [-0.15, -0.1) is 0 Å². The highest BCUT2D eigenvalue weighted by Crippen LogP contribution is 2.65. The molecule has 0 spiro atoms. The smallest absolute Gasteiger partial charge is 0.326 e. The predicted octanol–water partition coefficient (Wildman–Crippen LogP) is 4.30. The van der Waals surface area contributed by atoms with Gasteiger partial charge in [0.05, 0.1) is 11.8 Å². The normalized spacial score (nSPS) is 39.0. The third-order valence-corrected chi connectivity index (χ3v) is 9.65. The van der Waals surface area contributed by atoms with Crippen molar-refractivity contribution >= 4 is 17.6 Å². The maximum atomic E-state index is 12.2. The number of fused-ring (bicyclic) bond motifs is 5. The maximum Gasteiger partial charge on any atom is 0.326 e. The lowest BCUT2D eigenvalue weighted by molar-refractivity contribution is -0.143. The van der Waals surface area contributed by atoms with E-state index in [0.717, 1.165) is 44.2 Å². The number of carbonyl (C=O) groups is 2. The topological polar surface area (TPSA) is 108 Å². The average Bonchev–Trinajstić information content (AvgIpc) is 3.07. The number of hydrogen-bond acceptors (Lipinski definition) is 5. The molecule has 3 fully saturated rings. The van der Waals surface area contributed by atoms with Gasteiger partial charge in [0.1, 0.15) is 6.04 Å². The summed E-state index contributed by atoms with van der Waals surface area (Å²) in [6.07, 6.45) is 11.0. The first-order chi connectivity index (χ1) is 16.0. The minimum Gasteiger partial charge on any atom is -0.480 e. The van der Waals surface area contributed by atoms with E-state index in [2.05, 4.69) is 30.4 Å². The molecule has 0 aromatic carbocycles. The van der Waals surface area contributed by atoms with Gasteiger partial charge in [-0.3, -0.25) is 4.79 Å². The highest BCUT2D eigenvalue weighted by molar-refractivity contribution is 5.96. The molecule has 5 unspecified atom stereocenters. The fourth-order valence-electron chi connectivity index (χ4n) is 7.72. The van der Waals surface area contributed by atoms with E-state index in [1.807, 2.05) is 13.8 Å². The van der Waals surface area contributed by atoms with E-state index >= 15 is 0 Å². The summed E-state index contributed by atoms with van der Waals surface area (Å²) in [5.74, 6) is 0.674. The molecule has 0 saturated heterocycles. The number of rotatable bonds is 7. The number of aliphatic carboxylic acids is 1. The molecule has 0 radical (unpaired) electrons. The van der Waals surface area contributed by atoms with Gasteiger partial charge in [-0.25, -0.2) is 4.79 Å². The summed E-state index contributed by atoms with van der Waals surface area (Å²) in [5, 5.41) is 26.7. The molecule has 3 N–H and O–H groups in total. The monoisotopic (exact) mass is 474 g/mol. The zero-order valence-electron chi connectivity index (χ0n) is 21.2. The Bertz CT molecular complexity index is 867. The van der Waals surface area contributed by atoms with E-state index < -0.39 is 17.9 Å². The van der Waals surface area contributed by atoms with Crippen molar-refractivity contribution in [1.29, 1.82) is 0 Å². The van der Waals surface area contributed by atoms with Crippen molar-refractivity contribution in [3.8, 4) is 0 Å². The molecular weight excluding hydrogens is 432 g/mol. The van der Waals surface area contributed by atoms with Crippen LogP contribution in [0.5, 0.6) is 0 Å². The van der Waals surface area contributed by atoms with E-state index in [0.29, 0.717) is 24.2 Å². The number of carboxylic acids is 1. The molecule has 4 aliphatic carbocycles. The molecule has 0 aromatic heterocycles. The maximum absolute atomic E-state index is 12.2. The minimum absolute atomic E-state index is 0.100. The number of carbonyl (C=O) groups excluding carboxylic acids is 1. The first-order valence-electron chi connectivity index (χ1n) is 13.1. The van der Waals surface area contributed by atoms with E-state index in [1.54, 1.807) is 0 Å². The Morgan fingerprint density at radius 3 is 2.62 bits per heavy atom. The Morgan fingerprint density at radius 2 is 1.91 bits per heavy atom. The lowest BCUT2D eigenvalue weighted by atomic mass is 9.47. The first kappa shape index (κ1) is 25.2. The Kier molecular flexibility index (Phi) is 7.14. The molecule has 0 aromatic rings. The third kappa shape index (κ3) is 4.65. The van der Waals surface area contributed by atoms with Crippen molar-refractivity contribution in [3.05, 3.63) is 11.6 Å². The lowest BCUT2D eigenvalue weighted by Gasteiger charge is -2.57. The highest BCUT2D eigenvalue weighted by Gasteiger charge is 2.58. The number of aliphatic hydroxyl groups excluding tert-OH is 1. The second-order valence-electron chi connectivity index (χ2n) is 12.1. The van der Waals surface area contributed by atoms with Gasteiger partial charge in [0, 0.05) is 0 Å². The Balaban J connectivity index is 1.37. The van der Waals surface area contributed by atoms with Gasteiger partial charge in [-0.05, 0) is 98.4 Å². The summed E-state index contributed by atoms with van der Waals surface area (Å²) < 4.78 is 0. The summed E-state index contributed by atoms with van der Waals surface area (Å²) in [5.41, 5.74) is 2.60. The molecule has 190 valence electrons. The zero-order chi connectivity index (χ0) is 24.7. The average molecular weight is 475 g/mol. The SMILES string of the molecule is CC(C)CC(NC(=O)CO/N=C1/C=C2CCC3C4CCC(O)[C@@]4(C)CCC3[C@@]2(C)CC1)C(=O)O. The molecular formula is C27H42N2O5. The Hall–Kier alpha value is -1.89. The number of aliphatic hydroxyl groups is 1. The molecule has 3 saturated carbocycles. The number of allylic oxidation sites excluding steroid dienone is 2. The van der Waals surface area contributed by atoms with Gasteiger partial charge in [0.15, 0.2) is 6.61 Å². The van der Waals surface area contributed by atoms with E-state index in [1.165, 1.54) is 18.4 Å². The number of nitrogens with one attached hydrogen (secondary N) is 1. The largest absolute Gasteiger partial charge is 0.480 e. The van der Waals surface area contributed by atoms with Crippen molar-refractivity contribution in [2.45, 2.75) is 97.6 Å². The summed E-state index contributed by atoms with van der Waals surface area (Å²) >= 11 is 0. The fourth-order valence-corrected chi connectivity index (χ4v) is 7.72. The number of nitrogens with zero attached hydrogens (tertiary/aromatic N) is 1. The second-order valence-corrected chi connectivity index (χ2v) is 12.1. The van der Waals surface area contributed by atoms with Crippen LogP contribution >= 0.6 is 0 Å². The summed E-state index contributed by atoms with van der Waals surface area (Å²) in [7, 11) is 0. The molecule has 7 heteroatoms. The van der Waals surface area contributed by atoms with Crippen LogP contribution in [0.2, 0.25) is 0 Å². The van der Waals surface area contributed by atoms with E-state index in [-0.39, 0.29) is 29.5 Å². The van der Waals surface area contributed by atoms with Crippen LogP contribution in [0.15, 0.2) is 16.8 Å². The molecule has 1 amide bonds. The van der Waals surface area contributed by atoms with Crippen molar-refractivity contribution in [1.82, 2.24) is 5.32 Å². The number of oxime groups is 1. The van der Waals surface area contributed by atoms with Crippen LogP contribution in [0.4, 0.5) is 0 Å². The van der Waals surface area contributed by atoms with Crippen LogP contribution < -0.4 is 5.32 Å². The van der Waals surface area contributed by atoms with Crippen molar-refractivity contribution in [3.63, 3.8) is 0 Å². The Morgan fingerprint density at radius 1 is 1.15 bits per heavy atom. The van der Waals surface area contributed by atoms with Gasteiger partial charge in [0.25, 0.3) is 5.91 Å². The first-order valence-corrected chi connectivity index (χ1v) is 13.1. The van der Waals surface area contributed by atoms with Crippen LogP contribution in [0.1, 0.15) is 85.5 Å². The minimum atomic E-state index is -1.03. The third-order valence-electron chi connectivity index (χ3n) is 9.65. The molecule has 0 heterocycles. The van der Waals surface area contributed by atoms with Crippen LogP contribution in [-0.2, 0) is 14.4 Å². The molecule has 7 nitrogen and oxygen atoms in total. The van der Waals surface area contributed by atoms with Crippen molar-refractivity contribution in [2.24, 2.45) is 39.7 Å². The van der Waals surface area contributed by atoms with Crippen LogP contribution in [0.3, 0.4) is 0 Å². The molecule has 7 atom stereocenters. The summed E-state index contributed by atoms with van der Waals surface area (Å²) in [6, 6.07) is -0.908. The number of carboxylic acid groups (broad SMARTS) is 1. The summed E-state index contributed by atoms with van der Waals surface area (Å²) in [4.78, 5) is 28.8. The van der Waals surface area contributed by atoms with Gasteiger partial charge in [-0.2, -0.15) is 0 Å². The van der Waals surface area contributed by atoms with Crippen LogP contribution in [-0.4, -0.2) is 46.6 Å². The predicted molar refractivity (Wildman–Crippen MR) is 130 cm³/mol. The fraction of sp³-hybridized carbons (Fsp3) is 0.815. The molecule has 0 bridgehead atoms.